The SMILES string of the molecule is CCC(N)(OC(C)C)C(C)C. The van der Waals surface area contributed by atoms with Crippen molar-refractivity contribution in [3.8, 4) is 0 Å². The third kappa shape index (κ3) is 3.21. The Morgan fingerprint density at radius 2 is 1.73 bits per heavy atom. The molecule has 11 heavy (non-hydrogen) atoms. The molecule has 0 aliphatic heterocycles. The first kappa shape index (κ1) is 10.9. The van der Waals surface area contributed by atoms with Gasteiger partial charge in [-0.3, -0.25) is 0 Å². The fourth-order valence-corrected chi connectivity index (χ4v) is 1.07. The van der Waals surface area contributed by atoms with Gasteiger partial charge in [0.2, 0.25) is 0 Å². The quantitative estimate of drug-likeness (QED) is 0.638. The highest BCUT2D eigenvalue weighted by atomic mass is 16.5. The van der Waals surface area contributed by atoms with Crippen LogP contribution in [0.4, 0.5) is 0 Å². The monoisotopic (exact) mass is 159 g/mol. The van der Waals surface area contributed by atoms with E-state index in [9.17, 15) is 0 Å². The van der Waals surface area contributed by atoms with E-state index in [-0.39, 0.29) is 6.10 Å². The molecule has 0 aromatic heterocycles. The Labute approximate surface area is 70.1 Å². The minimum absolute atomic E-state index is 0.211. The van der Waals surface area contributed by atoms with E-state index in [1.807, 2.05) is 13.8 Å². The maximum Gasteiger partial charge on any atom is 0.119 e. The van der Waals surface area contributed by atoms with E-state index in [1.165, 1.54) is 0 Å². The van der Waals surface area contributed by atoms with Crippen LogP contribution in [0.15, 0.2) is 0 Å². The maximum atomic E-state index is 6.02. The Balaban J connectivity index is 4.10. The van der Waals surface area contributed by atoms with Crippen molar-refractivity contribution < 1.29 is 4.74 Å². The Bertz CT molecular complexity index is 112. The molecule has 0 saturated heterocycles. The molecule has 2 heteroatoms. The van der Waals surface area contributed by atoms with Crippen molar-refractivity contribution in [3.05, 3.63) is 0 Å². The Morgan fingerprint density at radius 1 is 1.27 bits per heavy atom. The van der Waals surface area contributed by atoms with Crippen molar-refractivity contribution in [1.29, 1.82) is 0 Å². The molecule has 0 aromatic carbocycles. The van der Waals surface area contributed by atoms with Gasteiger partial charge in [-0.2, -0.15) is 0 Å². The first-order valence-corrected chi connectivity index (χ1v) is 4.39. The standard InChI is InChI=1S/C9H21NO/c1-6-9(10,7(2)3)11-8(4)5/h7-8H,6,10H2,1-5H3. The molecule has 0 heterocycles. The van der Waals surface area contributed by atoms with Crippen LogP contribution >= 0.6 is 0 Å². The molecule has 0 fully saturated rings. The molecule has 0 saturated carbocycles. The second-order valence-electron chi connectivity index (χ2n) is 3.63. The number of hydrogen-bond acceptors (Lipinski definition) is 2. The molecule has 2 N–H and O–H groups in total. The molecular weight excluding hydrogens is 138 g/mol. The molecule has 0 aliphatic rings. The van der Waals surface area contributed by atoms with E-state index in [0.717, 1.165) is 6.42 Å². The van der Waals surface area contributed by atoms with Crippen molar-refractivity contribution in [2.45, 2.75) is 52.9 Å². The lowest BCUT2D eigenvalue weighted by atomic mass is 9.97. The largest absolute Gasteiger partial charge is 0.358 e. The molecule has 0 spiro atoms. The summed E-state index contributed by atoms with van der Waals surface area (Å²) in [5.41, 5.74) is 5.58. The summed E-state index contributed by atoms with van der Waals surface area (Å²) in [6, 6.07) is 0. The van der Waals surface area contributed by atoms with Crippen LogP contribution in [0.5, 0.6) is 0 Å². The highest BCUT2D eigenvalue weighted by Crippen LogP contribution is 2.20. The summed E-state index contributed by atoms with van der Waals surface area (Å²) < 4.78 is 5.63. The molecule has 1 unspecified atom stereocenters. The van der Waals surface area contributed by atoms with Gasteiger partial charge in [-0.25, -0.2) is 0 Å². The van der Waals surface area contributed by atoms with E-state index in [1.54, 1.807) is 0 Å². The molecule has 2 nitrogen and oxygen atoms in total. The molecule has 0 bridgehead atoms. The van der Waals surface area contributed by atoms with Crippen molar-refractivity contribution in [1.82, 2.24) is 0 Å². The summed E-state index contributed by atoms with van der Waals surface area (Å²) in [6.45, 7) is 10.3. The van der Waals surface area contributed by atoms with Gasteiger partial charge in [-0.1, -0.05) is 20.8 Å². The predicted octanol–water partition coefficient (Wildman–Crippen LogP) is 2.13. The number of rotatable bonds is 4. The van der Waals surface area contributed by atoms with Crippen LogP contribution in [0.2, 0.25) is 0 Å². The molecular formula is C9H21NO. The summed E-state index contributed by atoms with van der Waals surface area (Å²) in [6.07, 6.45) is 1.07. The van der Waals surface area contributed by atoms with E-state index >= 15 is 0 Å². The van der Waals surface area contributed by atoms with Crippen LogP contribution in [0.25, 0.3) is 0 Å². The van der Waals surface area contributed by atoms with E-state index in [2.05, 4.69) is 20.8 Å². The molecule has 1 atom stereocenters. The Kier molecular flexibility index (Phi) is 4.04. The average molecular weight is 159 g/mol. The first-order valence-electron chi connectivity index (χ1n) is 4.39. The molecule has 0 aromatic rings. The highest BCUT2D eigenvalue weighted by molar-refractivity contribution is 4.75. The first-order chi connectivity index (χ1) is 4.92. The topological polar surface area (TPSA) is 35.2 Å². The maximum absolute atomic E-state index is 6.02. The van der Waals surface area contributed by atoms with Gasteiger partial charge >= 0.3 is 0 Å². The van der Waals surface area contributed by atoms with E-state index < -0.39 is 5.72 Å². The van der Waals surface area contributed by atoms with Gasteiger partial charge in [0, 0.05) is 0 Å². The van der Waals surface area contributed by atoms with Gasteiger partial charge < -0.3 is 10.5 Å². The van der Waals surface area contributed by atoms with Gasteiger partial charge in [0.1, 0.15) is 5.72 Å². The van der Waals surface area contributed by atoms with Crippen molar-refractivity contribution >= 4 is 0 Å². The van der Waals surface area contributed by atoms with Gasteiger partial charge in [0.15, 0.2) is 0 Å². The number of ether oxygens (including phenoxy) is 1. The zero-order valence-corrected chi connectivity index (χ0v) is 8.35. The number of hydrogen-bond donors (Lipinski definition) is 1. The van der Waals surface area contributed by atoms with Crippen molar-refractivity contribution in [3.63, 3.8) is 0 Å². The predicted molar refractivity (Wildman–Crippen MR) is 48.3 cm³/mol. The molecule has 0 radical (unpaired) electrons. The average Bonchev–Trinajstić information content (AvgIpc) is 1.86. The Morgan fingerprint density at radius 3 is 1.82 bits per heavy atom. The van der Waals surface area contributed by atoms with Crippen LogP contribution in [0.3, 0.4) is 0 Å². The van der Waals surface area contributed by atoms with Crippen LogP contribution < -0.4 is 5.73 Å². The van der Waals surface area contributed by atoms with Gasteiger partial charge in [0.05, 0.1) is 6.10 Å². The zero-order chi connectivity index (χ0) is 9.07. The van der Waals surface area contributed by atoms with Gasteiger partial charge in [-0.15, -0.1) is 0 Å². The molecule has 0 aliphatic carbocycles. The minimum atomic E-state index is -0.436. The van der Waals surface area contributed by atoms with Crippen LogP contribution in [0, 0.1) is 5.92 Å². The van der Waals surface area contributed by atoms with Crippen LogP contribution in [-0.4, -0.2) is 11.8 Å². The Hall–Kier alpha value is -0.0800. The lowest BCUT2D eigenvalue weighted by Crippen LogP contribution is -2.48. The summed E-state index contributed by atoms with van der Waals surface area (Å²) in [5, 5.41) is 0. The van der Waals surface area contributed by atoms with E-state index in [4.69, 9.17) is 10.5 Å². The van der Waals surface area contributed by atoms with Crippen molar-refractivity contribution in [2.24, 2.45) is 11.7 Å². The number of nitrogens with two attached hydrogens (primary N) is 1. The second-order valence-corrected chi connectivity index (χ2v) is 3.63. The van der Waals surface area contributed by atoms with Gasteiger partial charge in [0.25, 0.3) is 0 Å². The van der Waals surface area contributed by atoms with Gasteiger partial charge in [-0.05, 0) is 26.2 Å². The van der Waals surface area contributed by atoms with E-state index in [0.29, 0.717) is 5.92 Å². The minimum Gasteiger partial charge on any atom is -0.358 e. The third-order valence-corrected chi connectivity index (χ3v) is 1.98. The summed E-state index contributed by atoms with van der Waals surface area (Å²) >= 11 is 0. The normalized spacial score (nSPS) is 17.5. The summed E-state index contributed by atoms with van der Waals surface area (Å²) in [4.78, 5) is 0. The fraction of sp³-hybridized carbons (Fsp3) is 1.00. The lowest BCUT2D eigenvalue weighted by Gasteiger charge is -2.34. The zero-order valence-electron chi connectivity index (χ0n) is 8.35. The fourth-order valence-electron chi connectivity index (χ4n) is 1.07. The third-order valence-electron chi connectivity index (χ3n) is 1.98. The van der Waals surface area contributed by atoms with Crippen LogP contribution in [-0.2, 0) is 4.74 Å². The molecule has 68 valence electrons. The van der Waals surface area contributed by atoms with Crippen molar-refractivity contribution in [2.75, 3.05) is 0 Å². The lowest BCUT2D eigenvalue weighted by molar-refractivity contribution is -0.107. The summed E-state index contributed by atoms with van der Waals surface area (Å²) in [7, 11) is 0. The second kappa shape index (κ2) is 4.07. The van der Waals surface area contributed by atoms with Crippen LogP contribution in [0.1, 0.15) is 41.0 Å². The summed E-state index contributed by atoms with van der Waals surface area (Å²) in [5.74, 6) is 0.370. The molecule has 0 amide bonds. The highest BCUT2D eigenvalue weighted by Gasteiger charge is 2.28. The molecule has 0 rings (SSSR count). The smallest absolute Gasteiger partial charge is 0.119 e.